The molecule has 1 saturated heterocycles. The molecule has 100 valence electrons. The molecule has 1 aromatic rings. The van der Waals surface area contributed by atoms with Gasteiger partial charge in [0.05, 0.1) is 12.6 Å². The SMILES string of the molecule is CC(C)c1ccc(CN)c(=O)n1CC1CCCO1. The van der Waals surface area contributed by atoms with Crippen molar-refractivity contribution in [1.82, 2.24) is 4.57 Å². The second-order valence-corrected chi connectivity index (χ2v) is 5.19. The maximum atomic E-state index is 12.3. The van der Waals surface area contributed by atoms with Crippen molar-refractivity contribution in [3.05, 3.63) is 33.7 Å². The Hall–Kier alpha value is -1.13. The van der Waals surface area contributed by atoms with E-state index in [-0.39, 0.29) is 11.7 Å². The summed E-state index contributed by atoms with van der Waals surface area (Å²) in [7, 11) is 0. The van der Waals surface area contributed by atoms with Gasteiger partial charge in [-0.15, -0.1) is 0 Å². The van der Waals surface area contributed by atoms with Crippen molar-refractivity contribution in [2.75, 3.05) is 6.61 Å². The molecule has 2 heterocycles. The number of nitrogens with two attached hydrogens (primary N) is 1. The first-order valence-corrected chi connectivity index (χ1v) is 6.67. The van der Waals surface area contributed by atoms with Gasteiger partial charge in [-0.25, -0.2) is 0 Å². The largest absolute Gasteiger partial charge is 0.376 e. The molecule has 0 bridgehead atoms. The molecule has 4 nitrogen and oxygen atoms in total. The van der Waals surface area contributed by atoms with Crippen LogP contribution in [0.5, 0.6) is 0 Å². The number of aromatic nitrogens is 1. The molecule has 2 rings (SSSR count). The van der Waals surface area contributed by atoms with Crippen molar-refractivity contribution in [1.29, 1.82) is 0 Å². The quantitative estimate of drug-likeness (QED) is 0.883. The number of rotatable bonds is 4. The number of hydrogen-bond acceptors (Lipinski definition) is 3. The van der Waals surface area contributed by atoms with Gasteiger partial charge in [0.25, 0.3) is 5.56 Å². The Morgan fingerprint density at radius 3 is 2.83 bits per heavy atom. The van der Waals surface area contributed by atoms with Gasteiger partial charge in [0.15, 0.2) is 0 Å². The van der Waals surface area contributed by atoms with Gasteiger partial charge in [-0.1, -0.05) is 19.9 Å². The summed E-state index contributed by atoms with van der Waals surface area (Å²) in [6.07, 6.45) is 2.30. The van der Waals surface area contributed by atoms with Crippen LogP contribution in [0, 0.1) is 0 Å². The summed E-state index contributed by atoms with van der Waals surface area (Å²) in [6.45, 7) is 5.96. The zero-order valence-corrected chi connectivity index (χ0v) is 11.2. The highest BCUT2D eigenvalue weighted by Gasteiger charge is 2.19. The van der Waals surface area contributed by atoms with E-state index in [1.54, 1.807) is 0 Å². The highest BCUT2D eigenvalue weighted by atomic mass is 16.5. The molecule has 1 aliphatic heterocycles. The van der Waals surface area contributed by atoms with E-state index < -0.39 is 0 Å². The molecule has 0 amide bonds. The van der Waals surface area contributed by atoms with Crippen LogP contribution in [0.2, 0.25) is 0 Å². The summed E-state index contributed by atoms with van der Waals surface area (Å²) in [5.74, 6) is 0.325. The Balaban J connectivity index is 2.36. The lowest BCUT2D eigenvalue weighted by Gasteiger charge is -2.19. The van der Waals surface area contributed by atoms with Gasteiger partial charge in [0.2, 0.25) is 0 Å². The van der Waals surface area contributed by atoms with E-state index in [9.17, 15) is 4.79 Å². The fourth-order valence-corrected chi connectivity index (χ4v) is 2.48. The highest BCUT2D eigenvalue weighted by Crippen LogP contribution is 2.18. The highest BCUT2D eigenvalue weighted by molar-refractivity contribution is 5.18. The number of pyridine rings is 1. The van der Waals surface area contributed by atoms with Gasteiger partial charge < -0.3 is 15.0 Å². The van der Waals surface area contributed by atoms with E-state index in [1.807, 2.05) is 16.7 Å². The van der Waals surface area contributed by atoms with Gasteiger partial charge in [0, 0.05) is 24.4 Å². The summed E-state index contributed by atoms with van der Waals surface area (Å²) in [6, 6.07) is 3.87. The molecule has 1 atom stereocenters. The van der Waals surface area contributed by atoms with Crippen molar-refractivity contribution >= 4 is 0 Å². The normalized spacial score (nSPS) is 19.7. The van der Waals surface area contributed by atoms with E-state index in [0.717, 1.165) is 25.1 Å². The first-order valence-electron chi connectivity index (χ1n) is 6.67. The average molecular weight is 250 g/mol. The molecule has 0 spiro atoms. The average Bonchev–Trinajstić information content (AvgIpc) is 2.84. The predicted molar refractivity (Wildman–Crippen MR) is 71.7 cm³/mol. The third kappa shape index (κ3) is 2.65. The first-order chi connectivity index (χ1) is 8.63. The lowest BCUT2D eigenvalue weighted by atomic mass is 10.1. The molecule has 0 aliphatic carbocycles. The van der Waals surface area contributed by atoms with Crippen LogP contribution in [0.1, 0.15) is 43.9 Å². The van der Waals surface area contributed by atoms with Crippen molar-refractivity contribution < 1.29 is 4.74 Å². The van der Waals surface area contributed by atoms with E-state index >= 15 is 0 Å². The Morgan fingerprint density at radius 1 is 1.50 bits per heavy atom. The Kier molecular flexibility index (Phi) is 4.19. The van der Waals surface area contributed by atoms with E-state index in [1.165, 1.54) is 0 Å². The van der Waals surface area contributed by atoms with Crippen molar-refractivity contribution in [2.45, 2.75) is 51.8 Å². The molecule has 0 radical (unpaired) electrons. The van der Waals surface area contributed by atoms with Crippen molar-refractivity contribution in [2.24, 2.45) is 5.73 Å². The summed E-state index contributed by atoms with van der Waals surface area (Å²) in [5, 5.41) is 0. The van der Waals surface area contributed by atoms with E-state index in [4.69, 9.17) is 10.5 Å². The van der Waals surface area contributed by atoms with Crippen molar-refractivity contribution in [3.63, 3.8) is 0 Å². The smallest absolute Gasteiger partial charge is 0.255 e. The van der Waals surface area contributed by atoms with Crippen LogP contribution >= 0.6 is 0 Å². The maximum absolute atomic E-state index is 12.3. The summed E-state index contributed by atoms with van der Waals surface area (Å²) in [5.41, 5.74) is 7.39. The van der Waals surface area contributed by atoms with Crippen LogP contribution in [0.4, 0.5) is 0 Å². The van der Waals surface area contributed by atoms with Gasteiger partial charge in [-0.05, 0) is 24.8 Å². The second-order valence-electron chi connectivity index (χ2n) is 5.19. The predicted octanol–water partition coefficient (Wildman–Crippen LogP) is 1.61. The number of nitrogens with zero attached hydrogens (tertiary/aromatic N) is 1. The van der Waals surface area contributed by atoms with Gasteiger partial charge in [-0.2, -0.15) is 0 Å². The summed E-state index contributed by atoms with van der Waals surface area (Å²) >= 11 is 0. The zero-order valence-electron chi connectivity index (χ0n) is 11.2. The molecule has 0 aromatic carbocycles. The standard InChI is InChI=1S/C14H22N2O2/c1-10(2)13-6-5-11(8-15)14(17)16(13)9-12-4-3-7-18-12/h5-6,10,12H,3-4,7-9,15H2,1-2H3. The topological polar surface area (TPSA) is 57.2 Å². The van der Waals surface area contributed by atoms with Crippen LogP contribution in [-0.2, 0) is 17.8 Å². The number of ether oxygens (including phenoxy) is 1. The minimum atomic E-state index is 0.0409. The minimum absolute atomic E-state index is 0.0409. The number of hydrogen-bond donors (Lipinski definition) is 1. The zero-order chi connectivity index (χ0) is 13.1. The second kappa shape index (κ2) is 5.67. The molecular formula is C14H22N2O2. The van der Waals surface area contributed by atoms with Crippen LogP contribution in [-0.4, -0.2) is 17.3 Å². The molecule has 18 heavy (non-hydrogen) atoms. The third-order valence-corrected chi connectivity index (χ3v) is 3.51. The van der Waals surface area contributed by atoms with E-state index in [2.05, 4.69) is 13.8 Å². The van der Waals surface area contributed by atoms with Crippen LogP contribution in [0.25, 0.3) is 0 Å². The summed E-state index contributed by atoms with van der Waals surface area (Å²) in [4.78, 5) is 12.3. The molecular weight excluding hydrogens is 228 g/mol. The Morgan fingerprint density at radius 2 is 2.28 bits per heavy atom. The van der Waals surface area contributed by atoms with Crippen molar-refractivity contribution in [3.8, 4) is 0 Å². The van der Waals surface area contributed by atoms with Crippen LogP contribution < -0.4 is 11.3 Å². The molecule has 1 aliphatic rings. The molecule has 0 saturated carbocycles. The lowest BCUT2D eigenvalue weighted by Crippen LogP contribution is -2.32. The molecule has 2 N–H and O–H groups in total. The van der Waals surface area contributed by atoms with Gasteiger partial charge in [-0.3, -0.25) is 4.79 Å². The minimum Gasteiger partial charge on any atom is -0.376 e. The molecule has 4 heteroatoms. The van der Waals surface area contributed by atoms with Crippen LogP contribution in [0.3, 0.4) is 0 Å². The van der Waals surface area contributed by atoms with Gasteiger partial charge in [0.1, 0.15) is 0 Å². The van der Waals surface area contributed by atoms with E-state index in [0.29, 0.717) is 24.6 Å². The molecule has 1 fully saturated rings. The Labute approximate surface area is 108 Å². The van der Waals surface area contributed by atoms with Gasteiger partial charge >= 0.3 is 0 Å². The fourth-order valence-electron chi connectivity index (χ4n) is 2.48. The fraction of sp³-hybridized carbons (Fsp3) is 0.643. The molecule has 1 aromatic heterocycles. The third-order valence-electron chi connectivity index (χ3n) is 3.51. The monoisotopic (exact) mass is 250 g/mol. The lowest BCUT2D eigenvalue weighted by molar-refractivity contribution is 0.0952. The summed E-state index contributed by atoms with van der Waals surface area (Å²) < 4.78 is 7.48. The molecule has 1 unspecified atom stereocenters. The van der Waals surface area contributed by atoms with Crippen LogP contribution in [0.15, 0.2) is 16.9 Å². The first kappa shape index (κ1) is 13.3. The maximum Gasteiger partial charge on any atom is 0.255 e. The Bertz CT molecular complexity index is 459.